The van der Waals surface area contributed by atoms with Gasteiger partial charge in [0.15, 0.2) is 0 Å². The Morgan fingerprint density at radius 3 is 2.74 bits per heavy atom. The van der Waals surface area contributed by atoms with Crippen LogP contribution >= 0.6 is 0 Å². The number of methoxy groups -OCH3 is 1. The van der Waals surface area contributed by atoms with E-state index in [9.17, 15) is 4.79 Å². The lowest BCUT2D eigenvalue weighted by Gasteiger charge is -2.26. The maximum atomic E-state index is 11.9. The van der Waals surface area contributed by atoms with Crippen LogP contribution in [-0.4, -0.2) is 32.7 Å². The molecule has 27 heavy (non-hydrogen) atoms. The molecule has 0 saturated carbocycles. The van der Waals surface area contributed by atoms with Crippen molar-refractivity contribution in [2.75, 3.05) is 32.1 Å². The van der Waals surface area contributed by atoms with Gasteiger partial charge in [-0.15, -0.1) is 0 Å². The molecule has 4 rings (SSSR count). The minimum Gasteiger partial charge on any atom is -0.497 e. The number of amides is 1. The van der Waals surface area contributed by atoms with Crippen LogP contribution in [0.25, 0.3) is 0 Å². The van der Waals surface area contributed by atoms with Crippen molar-refractivity contribution >= 4 is 11.6 Å². The summed E-state index contributed by atoms with van der Waals surface area (Å²) >= 11 is 0. The average molecular weight is 365 g/mol. The van der Waals surface area contributed by atoms with E-state index in [1.807, 2.05) is 12.1 Å². The molecule has 0 aliphatic carbocycles. The van der Waals surface area contributed by atoms with Crippen LogP contribution < -0.4 is 20.7 Å². The molecule has 142 valence electrons. The molecule has 2 aromatic rings. The van der Waals surface area contributed by atoms with Crippen LogP contribution in [0.2, 0.25) is 0 Å². The zero-order valence-electron chi connectivity index (χ0n) is 15.8. The molecule has 2 atom stereocenters. The molecule has 1 amide bonds. The number of ether oxygens (including phenoxy) is 1. The minimum atomic E-state index is 0.0309. The number of carbonyl (C=O) groups excluding carboxylic acids is 1. The summed E-state index contributed by atoms with van der Waals surface area (Å²) in [5, 5.41) is 9.99. The van der Waals surface area contributed by atoms with E-state index in [1.54, 1.807) is 7.11 Å². The van der Waals surface area contributed by atoms with E-state index in [0.717, 1.165) is 55.0 Å². The van der Waals surface area contributed by atoms with Gasteiger partial charge in [0.2, 0.25) is 0 Å². The third-order valence-electron chi connectivity index (χ3n) is 5.80. The first-order valence-electron chi connectivity index (χ1n) is 9.74. The topological polar surface area (TPSA) is 62.4 Å². The lowest BCUT2D eigenvalue weighted by molar-refractivity contribution is 0.0966. The summed E-state index contributed by atoms with van der Waals surface area (Å²) in [6.07, 6.45) is 2.26. The fraction of sp³-hybridized carbons (Fsp3) is 0.409. The van der Waals surface area contributed by atoms with Crippen molar-refractivity contribution in [1.29, 1.82) is 0 Å². The highest BCUT2D eigenvalue weighted by Crippen LogP contribution is 2.33. The van der Waals surface area contributed by atoms with Gasteiger partial charge in [0.1, 0.15) is 5.75 Å². The molecule has 1 fully saturated rings. The Balaban J connectivity index is 1.48. The monoisotopic (exact) mass is 365 g/mol. The van der Waals surface area contributed by atoms with Gasteiger partial charge in [-0.1, -0.05) is 18.2 Å². The molecule has 2 aliphatic rings. The molecule has 3 N–H and O–H groups in total. The SMILES string of the molecule is COc1ccc([C@@H]2CCNCC[C@H]2CNc2ccc3c(c2)C(=O)NC3)cc1. The predicted octanol–water partition coefficient (Wildman–Crippen LogP) is 3.13. The fourth-order valence-electron chi connectivity index (χ4n) is 4.21. The Morgan fingerprint density at radius 2 is 1.93 bits per heavy atom. The molecule has 0 aromatic heterocycles. The third-order valence-corrected chi connectivity index (χ3v) is 5.80. The number of hydrogen-bond donors (Lipinski definition) is 3. The van der Waals surface area contributed by atoms with Crippen molar-refractivity contribution in [3.63, 3.8) is 0 Å². The van der Waals surface area contributed by atoms with Crippen molar-refractivity contribution in [2.24, 2.45) is 5.92 Å². The van der Waals surface area contributed by atoms with Crippen LogP contribution in [0.3, 0.4) is 0 Å². The number of rotatable bonds is 5. The largest absolute Gasteiger partial charge is 0.497 e. The zero-order chi connectivity index (χ0) is 18.6. The average Bonchev–Trinajstić information content (AvgIpc) is 2.92. The van der Waals surface area contributed by atoms with Gasteiger partial charge in [0.05, 0.1) is 7.11 Å². The van der Waals surface area contributed by atoms with Crippen molar-refractivity contribution in [1.82, 2.24) is 10.6 Å². The Hall–Kier alpha value is -2.53. The van der Waals surface area contributed by atoms with Gasteiger partial charge >= 0.3 is 0 Å². The number of anilines is 1. The van der Waals surface area contributed by atoms with Crippen LogP contribution in [-0.2, 0) is 6.54 Å². The smallest absolute Gasteiger partial charge is 0.251 e. The van der Waals surface area contributed by atoms with Crippen LogP contribution in [0, 0.1) is 5.92 Å². The van der Waals surface area contributed by atoms with Gasteiger partial charge < -0.3 is 20.7 Å². The van der Waals surface area contributed by atoms with E-state index in [2.05, 4.69) is 46.3 Å². The summed E-state index contributed by atoms with van der Waals surface area (Å²) < 4.78 is 5.30. The molecular formula is C22H27N3O2. The second-order valence-corrected chi connectivity index (χ2v) is 7.40. The lowest BCUT2D eigenvalue weighted by Crippen LogP contribution is -2.22. The van der Waals surface area contributed by atoms with E-state index in [-0.39, 0.29) is 5.91 Å². The van der Waals surface area contributed by atoms with E-state index >= 15 is 0 Å². The molecule has 0 spiro atoms. The molecule has 2 aliphatic heterocycles. The van der Waals surface area contributed by atoms with E-state index in [4.69, 9.17) is 4.74 Å². The summed E-state index contributed by atoms with van der Waals surface area (Å²) in [7, 11) is 1.70. The maximum Gasteiger partial charge on any atom is 0.251 e. The molecule has 0 unspecified atom stereocenters. The molecule has 1 saturated heterocycles. The second-order valence-electron chi connectivity index (χ2n) is 7.40. The Kier molecular flexibility index (Phi) is 5.30. The first-order chi connectivity index (χ1) is 13.2. The third kappa shape index (κ3) is 3.93. The Labute approximate surface area is 160 Å². The fourth-order valence-corrected chi connectivity index (χ4v) is 4.21. The van der Waals surface area contributed by atoms with E-state index in [0.29, 0.717) is 18.4 Å². The highest BCUT2D eigenvalue weighted by atomic mass is 16.5. The van der Waals surface area contributed by atoms with Gasteiger partial charge in [0.25, 0.3) is 5.91 Å². The molecule has 5 nitrogen and oxygen atoms in total. The van der Waals surface area contributed by atoms with Gasteiger partial charge in [-0.3, -0.25) is 4.79 Å². The molecule has 2 heterocycles. The van der Waals surface area contributed by atoms with Gasteiger partial charge in [-0.2, -0.15) is 0 Å². The zero-order valence-corrected chi connectivity index (χ0v) is 15.8. The van der Waals surface area contributed by atoms with Gasteiger partial charge in [-0.05, 0) is 73.2 Å². The van der Waals surface area contributed by atoms with Crippen LogP contribution in [0.1, 0.15) is 40.2 Å². The summed E-state index contributed by atoms with van der Waals surface area (Å²) in [5.41, 5.74) is 4.28. The van der Waals surface area contributed by atoms with E-state index in [1.165, 1.54) is 5.56 Å². The van der Waals surface area contributed by atoms with Crippen molar-refractivity contribution in [3.05, 3.63) is 59.2 Å². The number of fused-ring (bicyclic) bond motifs is 1. The summed E-state index contributed by atoms with van der Waals surface area (Å²) in [6, 6.07) is 14.6. The van der Waals surface area contributed by atoms with Crippen LogP contribution in [0.15, 0.2) is 42.5 Å². The number of carbonyl (C=O) groups is 1. The second kappa shape index (κ2) is 8.01. The first kappa shape index (κ1) is 17.9. The van der Waals surface area contributed by atoms with Crippen molar-refractivity contribution in [3.8, 4) is 5.75 Å². The molecule has 0 bridgehead atoms. The van der Waals surface area contributed by atoms with Crippen molar-refractivity contribution in [2.45, 2.75) is 25.3 Å². The molecule has 0 radical (unpaired) electrons. The number of hydrogen-bond acceptors (Lipinski definition) is 4. The molecular weight excluding hydrogens is 338 g/mol. The van der Waals surface area contributed by atoms with Gasteiger partial charge in [-0.25, -0.2) is 0 Å². The highest BCUT2D eigenvalue weighted by molar-refractivity contribution is 5.99. The number of nitrogens with one attached hydrogen (secondary N) is 3. The van der Waals surface area contributed by atoms with E-state index < -0.39 is 0 Å². The Bertz CT molecular complexity index is 804. The van der Waals surface area contributed by atoms with Crippen LogP contribution in [0.4, 0.5) is 5.69 Å². The van der Waals surface area contributed by atoms with Crippen LogP contribution in [0.5, 0.6) is 5.75 Å². The van der Waals surface area contributed by atoms with Crippen molar-refractivity contribution < 1.29 is 9.53 Å². The summed E-state index contributed by atoms with van der Waals surface area (Å²) in [6.45, 7) is 3.64. The highest BCUT2D eigenvalue weighted by Gasteiger charge is 2.25. The molecule has 2 aromatic carbocycles. The summed E-state index contributed by atoms with van der Waals surface area (Å²) in [5.74, 6) is 1.98. The molecule has 5 heteroatoms. The normalized spacial score (nSPS) is 21.9. The Morgan fingerprint density at radius 1 is 1.11 bits per heavy atom. The first-order valence-corrected chi connectivity index (χ1v) is 9.74. The number of benzene rings is 2. The lowest BCUT2D eigenvalue weighted by atomic mass is 9.82. The predicted molar refractivity (Wildman–Crippen MR) is 107 cm³/mol. The maximum absolute atomic E-state index is 11.9. The quantitative estimate of drug-likeness (QED) is 0.762. The minimum absolute atomic E-state index is 0.0309. The summed E-state index contributed by atoms with van der Waals surface area (Å²) in [4.78, 5) is 11.9. The standard InChI is InChI=1S/C22H27N3O2/c1-27-19-6-3-15(4-7-19)20-9-11-23-10-8-17(20)13-24-18-5-2-16-14-25-22(26)21(16)12-18/h2-7,12,17,20,23-24H,8-11,13-14H2,1H3,(H,25,26)/t17-,20-/m0/s1. The van der Waals surface area contributed by atoms with Gasteiger partial charge in [0, 0.05) is 24.3 Å².